The summed E-state index contributed by atoms with van der Waals surface area (Å²) in [7, 11) is 0. The summed E-state index contributed by atoms with van der Waals surface area (Å²) < 4.78 is 6.81. The quantitative estimate of drug-likeness (QED) is 0.173. The van der Waals surface area contributed by atoms with Gasteiger partial charge in [-0.25, -0.2) is 0 Å². The van der Waals surface area contributed by atoms with Crippen LogP contribution in [0.4, 0.5) is 17.1 Å². The number of hydrogen-bond donors (Lipinski definition) is 0. The summed E-state index contributed by atoms with van der Waals surface area (Å²) in [5, 5.41) is 4.53. The van der Waals surface area contributed by atoms with Crippen molar-refractivity contribution in [3.63, 3.8) is 0 Å². The predicted molar refractivity (Wildman–Crippen MR) is 253 cm³/mol. The van der Waals surface area contributed by atoms with Crippen LogP contribution in [0.3, 0.4) is 0 Å². The molecule has 2 heteroatoms. The van der Waals surface area contributed by atoms with E-state index in [1.165, 1.54) is 55.5 Å². The van der Waals surface area contributed by atoms with Gasteiger partial charge in [-0.1, -0.05) is 182 Å². The topological polar surface area (TPSA) is 16.4 Å². The van der Waals surface area contributed by atoms with Crippen molar-refractivity contribution in [1.29, 1.82) is 0 Å². The van der Waals surface area contributed by atoms with Crippen LogP contribution < -0.4 is 4.90 Å². The number of furan rings is 1. The molecule has 1 spiro atoms. The highest BCUT2D eigenvalue weighted by Gasteiger charge is 2.51. The van der Waals surface area contributed by atoms with Crippen molar-refractivity contribution in [2.45, 2.75) is 5.41 Å². The zero-order chi connectivity index (χ0) is 40.1. The van der Waals surface area contributed by atoms with Gasteiger partial charge >= 0.3 is 0 Å². The summed E-state index contributed by atoms with van der Waals surface area (Å²) in [6.45, 7) is 0. The fourth-order valence-electron chi connectivity index (χ4n) is 10.7. The highest BCUT2D eigenvalue weighted by atomic mass is 16.3. The third-order valence-electron chi connectivity index (χ3n) is 13.3. The van der Waals surface area contributed by atoms with Crippen molar-refractivity contribution in [3.8, 4) is 44.5 Å². The van der Waals surface area contributed by atoms with Crippen molar-refractivity contribution in [2.24, 2.45) is 0 Å². The lowest BCUT2D eigenvalue weighted by molar-refractivity contribution is 0.674. The molecule has 0 unspecified atom stereocenters. The molecule has 0 saturated heterocycles. The molecule has 0 N–H and O–H groups in total. The largest absolute Gasteiger partial charge is 0.455 e. The van der Waals surface area contributed by atoms with Crippen LogP contribution in [0.15, 0.2) is 229 Å². The highest BCUT2D eigenvalue weighted by molar-refractivity contribution is 6.20. The van der Waals surface area contributed by atoms with Gasteiger partial charge in [0.1, 0.15) is 11.2 Å². The van der Waals surface area contributed by atoms with Crippen LogP contribution in [0, 0.1) is 0 Å². The number of benzene rings is 10. The van der Waals surface area contributed by atoms with Gasteiger partial charge in [0.25, 0.3) is 0 Å². The van der Waals surface area contributed by atoms with E-state index in [9.17, 15) is 0 Å². The second-order valence-electron chi connectivity index (χ2n) is 16.3. The highest BCUT2D eigenvalue weighted by Crippen LogP contribution is 2.63. The maximum atomic E-state index is 6.81. The molecule has 10 aromatic carbocycles. The SMILES string of the molecule is c1ccc(-c2cccc3c2oc2c4ccccc4c(-c4ccc(N(c5ccccc5)c5ccc6c(c5)C5(c7ccccc7-c7ccccc75)c5ccccc5-6)cc4)cc32)cc1. The van der Waals surface area contributed by atoms with E-state index in [4.69, 9.17) is 4.42 Å². The van der Waals surface area contributed by atoms with Gasteiger partial charge in [0, 0.05) is 38.8 Å². The van der Waals surface area contributed by atoms with Gasteiger partial charge in [0.05, 0.1) is 5.41 Å². The normalized spacial score (nSPS) is 13.0. The monoisotopic (exact) mass is 775 g/mol. The predicted octanol–water partition coefficient (Wildman–Crippen LogP) is 15.9. The average Bonchev–Trinajstić information content (AvgIpc) is 3.97. The third kappa shape index (κ3) is 4.79. The Bertz CT molecular complexity index is 3460. The number of nitrogens with zero attached hydrogens (tertiary/aromatic N) is 1. The van der Waals surface area contributed by atoms with Crippen LogP contribution in [0.2, 0.25) is 0 Å². The van der Waals surface area contributed by atoms with Crippen LogP contribution in [0.25, 0.3) is 77.2 Å². The smallest absolute Gasteiger partial charge is 0.143 e. The molecule has 284 valence electrons. The number of fused-ring (bicyclic) bond motifs is 15. The maximum absolute atomic E-state index is 6.81. The molecule has 1 aromatic heterocycles. The van der Waals surface area contributed by atoms with Gasteiger partial charge in [0.2, 0.25) is 0 Å². The van der Waals surface area contributed by atoms with Crippen molar-refractivity contribution >= 4 is 49.8 Å². The number of hydrogen-bond acceptors (Lipinski definition) is 2. The van der Waals surface area contributed by atoms with E-state index in [1.54, 1.807) is 0 Å². The Kier molecular flexibility index (Phi) is 7.26. The molecule has 11 aromatic rings. The summed E-state index contributed by atoms with van der Waals surface area (Å²) in [5.41, 5.74) is 19.9. The van der Waals surface area contributed by atoms with E-state index < -0.39 is 5.41 Å². The first-order chi connectivity index (χ1) is 30.3. The van der Waals surface area contributed by atoms with Gasteiger partial charge in [-0.05, 0) is 109 Å². The van der Waals surface area contributed by atoms with Crippen LogP contribution in [0.1, 0.15) is 22.3 Å². The van der Waals surface area contributed by atoms with E-state index in [0.717, 1.165) is 61.1 Å². The van der Waals surface area contributed by atoms with E-state index >= 15 is 0 Å². The van der Waals surface area contributed by atoms with Gasteiger partial charge < -0.3 is 9.32 Å². The molecule has 0 aliphatic heterocycles. The van der Waals surface area contributed by atoms with E-state index in [-0.39, 0.29) is 0 Å². The molecule has 2 nitrogen and oxygen atoms in total. The number of rotatable bonds is 5. The molecule has 0 bridgehead atoms. The van der Waals surface area contributed by atoms with Crippen molar-refractivity contribution in [2.75, 3.05) is 4.90 Å². The summed E-state index contributed by atoms with van der Waals surface area (Å²) in [4.78, 5) is 2.41. The lowest BCUT2D eigenvalue weighted by atomic mass is 9.70. The zero-order valence-electron chi connectivity index (χ0n) is 33.2. The average molecular weight is 776 g/mol. The minimum Gasteiger partial charge on any atom is -0.455 e. The Hall–Kier alpha value is -7.94. The lowest BCUT2D eigenvalue weighted by Crippen LogP contribution is -2.26. The first-order valence-corrected chi connectivity index (χ1v) is 21.1. The van der Waals surface area contributed by atoms with E-state index in [0.29, 0.717) is 0 Å². The Morgan fingerprint density at radius 2 is 0.754 bits per heavy atom. The minimum absolute atomic E-state index is 0.417. The maximum Gasteiger partial charge on any atom is 0.143 e. The summed E-state index contributed by atoms with van der Waals surface area (Å²) in [6, 6.07) is 82.1. The van der Waals surface area contributed by atoms with Crippen LogP contribution in [-0.4, -0.2) is 0 Å². The number of anilines is 3. The summed E-state index contributed by atoms with van der Waals surface area (Å²) >= 11 is 0. The van der Waals surface area contributed by atoms with Gasteiger partial charge in [-0.15, -0.1) is 0 Å². The van der Waals surface area contributed by atoms with E-state index in [2.05, 4.69) is 229 Å². The van der Waals surface area contributed by atoms with Crippen molar-refractivity contribution in [3.05, 3.63) is 247 Å². The lowest BCUT2D eigenvalue weighted by Gasteiger charge is -2.32. The molecular weight excluding hydrogens is 739 g/mol. The molecule has 13 rings (SSSR count). The van der Waals surface area contributed by atoms with Gasteiger partial charge in [-0.2, -0.15) is 0 Å². The molecule has 0 fully saturated rings. The third-order valence-corrected chi connectivity index (χ3v) is 13.3. The molecular formula is C59H37NO. The Balaban J connectivity index is 0.978. The molecule has 0 amide bonds. The fourth-order valence-corrected chi connectivity index (χ4v) is 10.7. The van der Waals surface area contributed by atoms with E-state index in [1.807, 2.05) is 0 Å². The first kappa shape index (κ1) is 34.0. The minimum atomic E-state index is -0.417. The van der Waals surface area contributed by atoms with Crippen molar-refractivity contribution < 1.29 is 4.42 Å². The Labute approximate surface area is 354 Å². The standard InChI is InChI=1S/C59H37NO/c1-3-16-38(17-4-1)43-25-15-26-50-52-37-51(44-20-7-8-24-49(44)58(52)61-57(43)50)39-30-32-41(33-31-39)60(40-18-5-2-6-19-40)42-34-35-48-47-23-11-14-29-55(47)59(56(48)36-42)53-27-12-9-21-45(53)46-22-10-13-28-54(46)59/h1-37H. The second kappa shape index (κ2) is 13.0. The fraction of sp³-hybridized carbons (Fsp3) is 0.0169. The first-order valence-electron chi connectivity index (χ1n) is 21.1. The van der Waals surface area contributed by atoms with Crippen LogP contribution >= 0.6 is 0 Å². The number of para-hydroxylation sites is 2. The summed E-state index contributed by atoms with van der Waals surface area (Å²) in [5.74, 6) is 0. The van der Waals surface area contributed by atoms with Crippen LogP contribution in [0.5, 0.6) is 0 Å². The summed E-state index contributed by atoms with van der Waals surface area (Å²) in [6.07, 6.45) is 0. The van der Waals surface area contributed by atoms with Crippen LogP contribution in [-0.2, 0) is 5.41 Å². The Morgan fingerprint density at radius 1 is 0.279 bits per heavy atom. The Morgan fingerprint density at radius 3 is 1.43 bits per heavy atom. The molecule has 61 heavy (non-hydrogen) atoms. The van der Waals surface area contributed by atoms with Crippen molar-refractivity contribution in [1.82, 2.24) is 0 Å². The van der Waals surface area contributed by atoms with Gasteiger partial charge in [0.15, 0.2) is 0 Å². The molecule has 2 aliphatic carbocycles. The molecule has 1 heterocycles. The molecule has 0 saturated carbocycles. The molecule has 0 radical (unpaired) electrons. The zero-order valence-corrected chi connectivity index (χ0v) is 33.2. The molecule has 2 aliphatic rings. The molecule has 0 atom stereocenters. The van der Waals surface area contributed by atoms with Gasteiger partial charge in [-0.3, -0.25) is 0 Å². The second-order valence-corrected chi connectivity index (χ2v) is 16.3.